The third kappa shape index (κ3) is 2.01. The molecule has 19 heavy (non-hydrogen) atoms. The number of carbonyl (C=O) groups is 1. The molecular formula is C16H27NO2. The average molecular weight is 265 g/mol. The van der Waals surface area contributed by atoms with Crippen LogP contribution in [0.1, 0.15) is 46.0 Å². The molecule has 0 saturated heterocycles. The Labute approximate surface area is 116 Å². The van der Waals surface area contributed by atoms with E-state index in [0.717, 1.165) is 18.4 Å². The van der Waals surface area contributed by atoms with E-state index in [0.29, 0.717) is 17.8 Å². The summed E-state index contributed by atoms with van der Waals surface area (Å²) in [6, 6.07) is 0. The van der Waals surface area contributed by atoms with Crippen molar-refractivity contribution < 1.29 is 9.53 Å². The van der Waals surface area contributed by atoms with E-state index in [1.165, 1.54) is 32.1 Å². The summed E-state index contributed by atoms with van der Waals surface area (Å²) in [5.74, 6) is 3.34. The van der Waals surface area contributed by atoms with Crippen LogP contribution in [0.4, 0.5) is 0 Å². The SMILES string of the molecule is COC(=O)C1(NCC(C)C)C2CC3CC(C2)CC1C3. The Morgan fingerprint density at radius 2 is 1.68 bits per heavy atom. The van der Waals surface area contributed by atoms with Gasteiger partial charge in [-0.2, -0.15) is 0 Å². The smallest absolute Gasteiger partial charge is 0.326 e. The van der Waals surface area contributed by atoms with Crippen LogP contribution in [0.15, 0.2) is 0 Å². The number of hydrogen-bond acceptors (Lipinski definition) is 3. The Morgan fingerprint density at radius 1 is 1.16 bits per heavy atom. The van der Waals surface area contributed by atoms with Crippen molar-refractivity contribution >= 4 is 5.97 Å². The largest absolute Gasteiger partial charge is 0.468 e. The summed E-state index contributed by atoms with van der Waals surface area (Å²) in [5.41, 5.74) is -0.369. The predicted molar refractivity (Wildman–Crippen MR) is 74.6 cm³/mol. The molecule has 4 bridgehead atoms. The lowest BCUT2D eigenvalue weighted by Gasteiger charge is -2.59. The lowest BCUT2D eigenvalue weighted by atomic mass is 9.48. The van der Waals surface area contributed by atoms with Gasteiger partial charge >= 0.3 is 5.97 Å². The van der Waals surface area contributed by atoms with Crippen molar-refractivity contribution in [3.63, 3.8) is 0 Å². The minimum atomic E-state index is -0.369. The highest BCUT2D eigenvalue weighted by Gasteiger charge is 2.61. The summed E-state index contributed by atoms with van der Waals surface area (Å²) in [7, 11) is 1.55. The minimum absolute atomic E-state index is 0.00181. The van der Waals surface area contributed by atoms with Gasteiger partial charge in [0.1, 0.15) is 5.54 Å². The van der Waals surface area contributed by atoms with Crippen molar-refractivity contribution in [3.8, 4) is 0 Å². The molecule has 0 aliphatic heterocycles. The summed E-state index contributed by atoms with van der Waals surface area (Å²) in [5, 5.41) is 3.65. The van der Waals surface area contributed by atoms with E-state index in [9.17, 15) is 4.79 Å². The number of methoxy groups -OCH3 is 1. The standard InChI is InChI=1S/C16H27NO2/c1-10(2)9-17-16(15(18)19-3)13-5-11-4-12(7-13)8-14(16)6-11/h10-14,17H,4-9H2,1-3H3. The van der Waals surface area contributed by atoms with E-state index >= 15 is 0 Å². The minimum Gasteiger partial charge on any atom is -0.468 e. The summed E-state index contributed by atoms with van der Waals surface area (Å²) in [6.07, 6.45) is 6.33. The van der Waals surface area contributed by atoms with E-state index in [-0.39, 0.29) is 11.5 Å². The average Bonchev–Trinajstić information content (AvgIpc) is 2.36. The molecule has 0 atom stereocenters. The number of carbonyl (C=O) groups excluding carboxylic acids is 1. The third-order valence-electron chi connectivity index (χ3n) is 5.75. The van der Waals surface area contributed by atoms with Crippen LogP contribution in [-0.2, 0) is 9.53 Å². The maximum atomic E-state index is 12.6. The fourth-order valence-electron chi connectivity index (χ4n) is 5.16. The molecule has 0 aromatic heterocycles. The lowest BCUT2D eigenvalue weighted by Crippen LogP contribution is -2.69. The molecule has 3 heteroatoms. The van der Waals surface area contributed by atoms with E-state index in [2.05, 4.69) is 19.2 Å². The first-order chi connectivity index (χ1) is 9.06. The quantitative estimate of drug-likeness (QED) is 0.794. The van der Waals surface area contributed by atoms with Crippen LogP contribution in [0, 0.1) is 29.6 Å². The first-order valence-corrected chi connectivity index (χ1v) is 7.89. The van der Waals surface area contributed by atoms with Crippen molar-refractivity contribution in [1.29, 1.82) is 0 Å². The van der Waals surface area contributed by atoms with Gasteiger partial charge in [-0.3, -0.25) is 4.79 Å². The van der Waals surface area contributed by atoms with Gasteiger partial charge in [-0.1, -0.05) is 13.8 Å². The highest BCUT2D eigenvalue weighted by atomic mass is 16.5. The van der Waals surface area contributed by atoms with Gasteiger partial charge < -0.3 is 10.1 Å². The molecule has 0 amide bonds. The molecule has 0 unspecified atom stereocenters. The zero-order chi connectivity index (χ0) is 13.6. The van der Waals surface area contributed by atoms with E-state index < -0.39 is 0 Å². The molecule has 4 fully saturated rings. The first-order valence-electron chi connectivity index (χ1n) is 7.89. The molecule has 4 aliphatic rings. The van der Waals surface area contributed by atoms with Gasteiger partial charge in [-0.15, -0.1) is 0 Å². The molecule has 0 aromatic carbocycles. The molecule has 108 valence electrons. The predicted octanol–water partition coefficient (Wildman–Crippen LogP) is 2.60. The summed E-state index contributed by atoms with van der Waals surface area (Å²) in [4.78, 5) is 12.6. The molecule has 0 spiro atoms. The van der Waals surface area contributed by atoms with Gasteiger partial charge in [0.25, 0.3) is 0 Å². The fourth-order valence-corrected chi connectivity index (χ4v) is 5.16. The van der Waals surface area contributed by atoms with Crippen molar-refractivity contribution in [2.24, 2.45) is 29.6 Å². The molecule has 1 N–H and O–H groups in total. The fraction of sp³-hybridized carbons (Fsp3) is 0.938. The van der Waals surface area contributed by atoms with Gasteiger partial charge in [-0.25, -0.2) is 0 Å². The van der Waals surface area contributed by atoms with Gasteiger partial charge in [0.15, 0.2) is 0 Å². The third-order valence-corrected chi connectivity index (χ3v) is 5.75. The topological polar surface area (TPSA) is 38.3 Å². The number of nitrogens with one attached hydrogen (secondary N) is 1. The summed E-state index contributed by atoms with van der Waals surface area (Å²) < 4.78 is 5.21. The Hall–Kier alpha value is -0.570. The van der Waals surface area contributed by atoms with Crippen LogP contribution in [0.2, 0.25) is 0 Å². The molecule has 3 nitrogen and oxygen atoms in total. The number of hydrogen-bond donors (Lipinski definition) is 1. The maximum Gasteiger partial charge on any atom is 0.326 e. The van der Waals surface area contributed by atoms with Crippen molar-refractivity contribution in [3.05, 3.63) is 0 Å². The van der Waals surface area contributed by atoms with Crippen molar-refractivity contribution in [2.45, 2.75) is 51.5 Å². The van der Waals surface area contributed by atoms with Gasteiger partial charge in [-0.05, 0) is 68.2 Å². The molecule has 4 saturated carbocycles. The van der Waals surface area contributed by atoms with E-state index in [4.69, 9.17) is 4.74 Å². The Kier molecular flexibility index (Phi) is 3.36. The van der Waals surface area contributed by atoms with E-state index in [1.54, 1.807) is 7.11 Å². The van der Waals surface area contributed by atoms with Crippen LogP contribution < -0.4 is 5.32 Å². The monoisotopic (exact) mass is 265 g/mol. The second kappa shape index (κ2) is 4.76. The van der Waals surface area contributed by atoms with Crippen LogP contribution >= 0.6 is 0 Å². The molecule has 0 radical (unpaired) electrons. The molecular weight excluding hydrogens is 238 g/mol. The van der Waals surface area contributed by atoms with Gasteiger partial charge in [0.05, 0.1) is 7.11 Å². The van der Waals surface area contributed by atoms with Gasteiger partial charge in [0, 0.05) is 0 Å². The van der Waals surface area contributed by atoms with Gasteiger partial charge in [0.2, 0.25) is 0 Å². The number of ether oxygens (including phenoxy) is 1. The summed E-state index contributed by atoms with van der Waals surface area (Å²) in [6.45, 7) is 5.32. The summed E-state index contributed by atoms with van der Waals surface area (Å²) >= 11 is 0. The highest BCUT2D eigenvalue weighted by molar-refractivity contribution is 5.82. The van der Waals surface area contributed by atoms with Crippen LogP contribution in [0.5, 0.6) is 0 Å². The maximum absolute atomic E-state index is 12.6. The normalized spacial score (nSPS) is 43.8. The zero-order valence-corrected chi connectivity index (χ0v) is 12.4. The number of esters is 1. The van der Waals surface area contributed by atoms with Crippen LogP contribution in [0.25, 0.3) is 0 Å². The second-order valence-electron chi connectivity index (χ2n) is 7.44. The van der Waals surface area contributed by atoms with Crippen LogP contribution in [-0.4, -0.2) is 25.2 Å². The lowest BCUT2D eigenvalue weighted by molar-refractivity contribution is -0.168. The molecule has 0 heterocycles. The molecule has 4 aliphatic carbocycles. The zero-order valence-electron chi connectivity index (χ0n) is 12.4. The second-order valence-corrected chi connectivity index (χ2v) is 7.44. The van der Waals surface area contributed by atoms with Crippen molar-refractivity contribution in [1.82, 2.24) is 5.32 Å². The first kappa shape index (κ1) is 13.4. The van der Waals surface area contributed by atoms with Crippen LogP contribution in [0.3, 0.4) is 0 Å². The highest BCUT2D eigenvalue weighted by Crippen LogP contribution is 2.58. The molecule has 0 aromatic rings. The van der Waals surface area contributed by atoms with E-state index in [1.807, 2.05) is 0 Å². The molecule has 4 rings (SSSR count). The number of rotatable bonds is 4. The Bertz CT molecular complexity index is 336. The Morgan fingerprint density at radius 3 is 2.11 bits per heavy atom. The Balaban J connectivity index is 1.88. The van der Waals surface area contributed by atoms with Crippen molar-refractivity contribution in [2.75, 3.05) is 13.7 Å².